The molecule has 0 spiro atoms. The third-order valence-electron chi connectivity index (χ3n) is 4.17. The summed E-state index contributed by atoms with van der Waals surface area (Å²) >= 11 is 5.98. The second kappa shape index (κ2) is 8.05. The van der Waals surface area contributed by atoms with Gasteiger partial charge in [-0.2, -0.15) is 5.10 Å². The number of halogens is 1. The first-order valence-corrected chi connectivity index (χ1v) is 9.97. The first-order chi connectivity index (χ1) is 13.3. The number of rotatable bonds is 7. The number of nitrogens with zero attached hydrogens (tertiary/aromatic N) is 4. The van der Waals surface area contributed by atoms with Crippen molar-refractivity contribution in [2.45, 2.75) is 24.9 Å². The molecule has 3 rings (SSSR count). The van der Waals surface area contributed by atoms with Gasteiger partial charge in [-0.05, 0) is 24.1 Å². The quantitative estimate of drug-likeness (QED) is 0.462. The largest absolute Gasteiger partial charge is 0.275 e. The van der Waals surface area contributed by atoms with Gasteiger partial charge in [0.05, 0.1) is 21.4 Å². The van der Waals surface area contributed by atoms with Crippen LogP contribution in [0.1, 0.15) is 16.7 Å². The lowest BCUT2D eigenvalue weighted by atomic mass is 10.1. The zero-order valence-corrected chi connectivity index (χ0v) is 16.3. The molecule has 0 unspecified atom stereocenters. The molecule has 0 fully saturated rings. The molecule has 1 heterocycles. The molecule has 11 heteroatoms. The summed E-state index contributed by atoms with van der Waals surface area (Å²) in [5.41, 5.74) is 1.47. The highest BCUT2D eigenvalue weighted by molar-refractivity contribution is 7.89. The van der Waals surface area contributed by atoms with Crippen LogP contribution in [0.5, 0.6) is 0 Å². The molecule has 9 nitrogen and oxygen atoms in total. The van der Waals surface area contributed by atoms with Crippen LogP contribution in [0.3, 0.4) is 0 Å². The Morgan fingerprint density at radius 1 is 1.25 bits per heavy atom. The number of nitro benzene ring substituents is 1. The Balaban J connectivity index is 1.84. The molecule has 3 aromatic rings. The van der Waals surface area contributed by atoms with Gasteiger partial charge in [-0.1, -0.05) is 35.9 Å². The average Bonchev–Trinajstić information content (AvgIpc) is 3.16. The van der Waals surface area contributed by atoms with E-state index >= 15 is 0 Å². The lowest BCUT2D eigenvalue weighted by molar-refractivity contribution is -0.385. The Kier molecular flexibility index (Phi) is 5.73. The van der Waals surface area contributed by atoms with E-state index in [0.717, 1.165) is 17.2 Å². The highest BCUT2D eigenvalue weighted by atomic mass is 35.5. The predicted octanol–water partition coefficient (Wildman–Crippen LogP) is 2.67. The number of aromatic nitrogens is 3. The summed E-state index contributed by atoms with van der Waals surface area (Å²) in [6, 6.07) is 9.49. The third-order valence-corrected chi connectivity index (χ3v) is 5.94. The Labute approximate surface area is 166 Å². The van der Waals surface area contributed by atoms with E-state index in [2.05, 4.69) is 14.8 Å². The number of hydrogen-bond donors (Lipinski definition) is 1. The van der Waals surface area contributed by atoms with Gasteiger partial charge in [0.15, 0.2) is 0 Å². The molecule has 1 aromatic heterocycles. The number of nitro groups is 1. The van der Waals surface area contributed by atoms with E-state index in [1.807, 2.05) is 12.1 Å². The third kappa shape index (κ3) is 4.35. The van der Waals surface area contributed by atoms with Crippen molar-refractivity contribution in [3.63, 3.8) is 0 Å². The minimum Gasteiger partial charge on any atom is -0.258 e. The van der Waals surface area contributed by atoms with Crippen LogP contribution < -0.4 is 4.72 Å². The average molecular weight is 422 g/mol. The summed E-state index contributed by atoms with van der Waals surface area (Å²) in [6.07, 6.45) is 2.98. The Morgan fingerprint density at radius 3 is 2.61 bits per heavy atom. The van der Waals surface area contributed by atoms with Crippen LogP contribution in [-0.4, -0.2) is 28.1 Å². The number of hydrogen-bond acceptors (Lipinski definition) is 6. The van der Waals surface area contributed by atoms with Crippen molar-refractivity contribution in [1.82, 2.24) is 19.5 Å². The SMILES string of the molecule is Cc1c(Cl)cc(S(=O)(=O)NCc2ccccc2Cn2cncn2)cc1[N+](=O)[O-]. The standard InChI is InChI=1S/C17H16ClN5O4S/c1-12-16(18)6-15(7-17(12)23(24)25)28(26,27)21-8-13-4-2-3-5-14(13)9-22-11-19-10-20-22/h2-7,10-11,21H,8-9H2,1H3. The highest BCUT2D eigenvalue weighted by Gasteiger charge is 2.22. The van der Waals surface area contributed by atoms with Crippen LogP contribution in [0.25, 0.3) is 0 Å². The summed E-state index contributed by atoms with van der Waals surface area (Å²) in [7, 11) is -4.01. The van der Waals surface area contributed by atoms with Gasteiger partial charge in [-0.15, -0.1) is 0 Å². The van der Waals surface area contributed by atoms with Crippen LogP contribution in [-0.2, 0) is 23.1 Å². The fourth-order valence-electron chi connectivity index (χ4n) is 2.61. The van der Waals surface area contributed by atoms with Gasteiger partial charge in [0.25, 0.3) is 5.69 Å². The van der Waals surface area contributed by atoms with E-state index in [9.17, 15) is 18.5 Å². The molecule has 0 aliphatic heterocycles. The Bertz CT molecular complexity index is 1120. The summed E-state index contributed by atoms with van der Waals surface area (Å²) < 4.78 is 29.4. The van der Waals surface area contributed by atoms with E-state index in [1.165, 1.54) is 19.3 Å². The van der Waals surface area contributed by atoms with Gasteiger partial charge in [-0.25, -0.2) is 22.8 Å². The van der Waals surface area contributed by atoms with Crippen LogP contribution in [0.2, 0.25) is 5.02 Å². The molecule has 0 aliphatic rings. The van der Waals surface area contributed by atoms with Gasteiger partial charge in [0.2, 0.25) is 10.0 Å². The summed E-state index contributed by atoms with van der Waals surface area (Å²) in [5, 5.41) is 15.2. The van der Waals surface area contributed by atoms with E-state index in [4.69, 9.17) is 11.6 Å². The lowest BCUT2D eigenvalue weighted by Crippen LogP contribution is -2.24. The zero-order valence-electron chi connectivity index (χ0n) is 14.7. The minimum absolute atomic E-state index is 0.00645. The van der Waals surface area contributed by atoms with E-state index < -0.39 is 14.9 Å². The molecule has 146 valence electrons. The van der Waals surface area contributed by atoms with Gasteiger partial charge in [0, 0.05) is 18.2 Å². The molecular weight excluding hydrogens is 406 g/mol. The first kappa shape index (κ1) is 19.9. The van der Waals surface area contributed by atoms with Crippen molar-refractivity contribution in [2.75, 3.05) is 0 Å². The monoisotopic (exact) mass is 421 g/mol. The lowest BCUT2D eigenvalue weighted by Gasteiger charge is -2.12. The van der Waals surface area contributed by atoms with Crippen molar-refractivity contribution < 1.29 is 13.3 Å². The fourth-order valence-corrected chi connectivity index (χ4v) is 3.95. The van der Waals surface area contributed by atoms with Crippen LogP contribution in [0, 0.1) is 17.0 Å². The fraction of sp³-hybridized carbons (Fsp3) is 0.176. The van der Waals surface area contributed by atoms with E-state index in [0.29, 0.717) is 6.54 Å². The number of benzene rings is 2. The summed E-state index contributed by atoms with van der Waals surface area (Å²) in [6.45, 7) is 1.90. The van der Waals surface area contributed by atoms with Crippen LogP contribution in [0.4, 0.5) is 5.69 Å². The predicted molar refractivity (Wildman–Crippen MR) is 102 cm³/mol. The van der Waals surface area contributed by atoms with Gasteiger partial charge >= 0.3 is 0 Å². The number of nitrogens with one attached hydrogen (secondary N) is 1. The molecule has 2 aromatic carbocycles. The molecule has 0 atom stereocenters. The normalized spacial score (nSPS) is 11.5. The van der Waals surface area contributed by atoms with Gasteiger partial charge < -0.3 is 0 Å². The first-order valence-electron chi connectivity index (χ1n) is 8.11. The Hall–Kier alpha value is -2.82. The molecule has 28 heavy (non-hydrogen) atoms. The van der Waals surface area contributed by atoms with Gasteiger partial charge in [0.1, 0.15) is 12.7 Å². The molecule has 0 saturated heterocycles. The summed E-state index contributed by atoms with van der Waals surface area (Å²) in [4.78, 5) is 14.1. The summed E-state index contributed by atoms with van der Waals surface area (Å²) in [5.74, 6) is 0. The molecular formula is C17H16ClN5O4S. The van der Waals surface area contributed by atoms with Crippen molar-refractivity contribution in [3.8, 4) is 0 Å². The maximum atomic E-state index is 12.7. The molecule has 0 radical (unpaired) electrons. The van der Waals surface area contributed by atoms with E-state index in [1.54, 1.807) is 23.1 Å². The topological polar surface area (TPSA) is 120 Å². The van der Waals surface area contributed by atoms with Gasteiger partial charge in [-0.3, -0.25) is 10.1 Å². The maximum Gasteiger partial charge on any atom is 0.275 e. The van der Waals surface area contributed by atoms with E-state index in [-0.39, 0.29) is 27.7 Å². The second-order valence-electron chi connectivity index (χ2n) is 5.99. The Morgan fingerprint density at radius 2 is 1.96 bits per heavy atom. The molecule has 0 bridgehead atoms. The van der Waals surface area contributed by atoms with Crippen molar-refractivity contribution in [2.24, 2.45) is 0 Å². The van der Waals surface area contributed by atoms with Crippen molar-refractivity contribution in [3.05, 3.63) is 80.9 Å². The zero-order chi connectivity index (χ0) is 20.3. The molecule has 0 amide bonds. The van der Waals surface area contributed by atoms with Crippen molar-refractivity contribution in [1.29, 1.82) is 0 Å². The molecule has 1 N–H and O–H groups in total. The number of sulfonamides is 1. The highest BCUT2D eigenvalue weighted by Crippen LogP contribution is 2.29. The second-order valence-corrected chi connectivity index (χ2v) is 8.17. The molecule has 0 saturated carbocycles. The minimum atomic E-state index is -4.01. The van der Waals surface area contributed by atoms with Crippen LogP contribution in [0.15, 0.2) is 53.9 Å². The van der Waals surface area contributed by atoms with Crippen molar-refractivity contribution >= 4 is 27.3 Å². The smallest absolute Gasteiger partial charge is 0.258 e. The van der Waals surface area contributed by atoms with Crippen LogP contribution >= 0.6 is 11.6 Å². The maximum absolute atomic E-state index is 12.7. The molecule has 0 aliphatic carbocycles.